The highest BCUT2D eigenvalue weighted by atomic mass is 16.2. The van der Waals surface area contributed by atoms with Gasteiger partial charge < -0.3 is 11.1 Å². The van der Waals surface area contributed by atoms with Gasteiger partial charge in [-0.2, -0.15) is 5.10 Å². The number of nitrogens with two attached hydrogens (primary N) is 1. The molecule has 1 heterocycles. The van der Waals surface area contributed by atoms with Crippen LogP contribution in [0.15, 0.2) is 53.3 Å². The summed E-state index contributed by atoms with van der Waals surface area (Å²) >= 11 is 0. The topological polar surface area (TPSA) is 107 Å². The van der Waals surface area contributed by atoms with Crippen molar-refractivity contribution in [2.24, 2.45) is 5.73 Å². The van der Waals surface area contributed by atoms with Crippen LogP contribution in [0.4, 0.5) is 5.69 Å². The van der Waals surface area contributed by atoms with Crippen molar-refractivity contribution >= 4 is 28.3 Å². The Labute approximate surface area is 149 Å². The zero-order valence-corrected chi connectivity index (χ0v) is 14.2. The van der Waals surface area contributed by atoms with Crippen LogP contribution in [-0.4, -0.2) is 21.6 Å². The number of primary amides is 1. The van der Waals surface area contributed by atoms with Gasteiger partial charge in [-0.25, -0.2) is 4.68 Å². The van der Waals surface area contributed by atoms with Gasteiger partial charge in [0.2, 0.25) is 0 Å². The summed E-state index contributed by atoms with van der Waals surface area (Å²) in [6, 6.07) is 13.3. The minimum absolute atomic E-state index is 0.118. The third kappa shape index (κ3) is 3.19. The second-order valence-corrected chi connectivity index (χ2v) is 5.79. The van der Waals surface area contributed by atoms with Crippen LogP contribution in [0.3, 0.4) is 0 Å². The van der Waals surface area contributed by atoms with Crippen molar-refractivity contribution in [1.82, 2.24) is 9.78 Å². The lowest BCUT2D eigenvalue weighted by Crippen LogP contribution is -2.28. The molecule has 0 radical (unpaired) electrons. The molecule has 0 saturated heterocycles. The Hall–Kier alpha value is -3.48. The summed E-state index contributed by atoms with van der Waals surface area (Å²) in [5, 5.41) is 7.79. The third-order valence-electron chi connectivity index (χ3n) is 3.96. The molecule has 0 fully saturated rings. The molecule has 2 aromatic carbocycles. The van der Waals surface area contributed by atoms with E-state index in [4.69, 9.17) is 5.73 Å². The second-order valence-electron chi connectivity index (χ2n) is 5.79. The van der Waals surface area contributed by atoms with E-state index in [1.165, 1.54) is 10.7 Å². The molecule has 1 aromatic heterocycles. The van der Waals surface area contributed by atoms with Gasteiger partial charge in [-0.1, -0.05) is 37.3 Å². The number of amides is 2. The zero-order chi connectivity index (χ0) is 18.7. The highest BCUT2D eigenvalue weighted by Crippen LogP contribution is 2.18. The average Bonchev–Trinajstić information content (AvgIpc) is 2.64. The van der Waals surface area contributed by atoms with E-state index in [1.54, 1.807) is 42.5 Å². The smallest absolute Gasteiger partial charge is 0.276 e. The van der Waals surface area contributed by atoms with Crippen molar-refractivity contribution in [3.63, 3.8) is 0 Å². The normalized spacial score (nSPS) is 10.7. The van der Waals surface area contributed by atoms with Crippen LogP contribution in [0.2, 0.25) is 0 Å². The molecule has 0 saturated carbocycles. The predicted octanol–water partition coefficient (Wildman–Crippen LogP) is 2.16. The van der Waals surface area contributed by atoms with Crippen molar-refractivity contribution in [3.8, 4) is 0 Å². The van der Waals surface area contributed by atoms with Gasteiger partial charge in [0.15, 0.2) is 5.69 Å². The largest absolute Gasteiger partial charge is 0.366 e. The Morgan fingerprint density at radius 1 is 1.08 bits per heavy atom. The van der Waals surface area contributed by atoms with Crippen LogP contribution in [0.25, 0.3) is 10.8 Å². The molecule has 2 amide bonds. The minimum Gasteiger partial charge on any atom is -0.366 e. The lowest BCUT2D eigenvalue weighted by atomic mass is 10.1. The maximum Gasteiger partial charge on any atom is 0.276 e. The number of benzene rings is 2. The number of aromatic nitrogens is 2. The molecular formula is C19H18N4O3. The summed E-state index contributed by atoms with van der Waals surface area (Å²) in [4.78, 5) is 36.9. The molecule has 3 N–H and O–H groups in total. The maximum absolute atomic E-state index is 12.8. The van der Waals surface area contributed by atoms with E-state index in [0.717, 1.165) is 0 Å². The van der Waals surface area contributed by atoms with E-state index < -0.39 is 11.8 Å². The number of aryl methyl sites for hydroxylation is 1. The molecule has 0 bridgehead atoms. The second kappa shape index (κ2) is 7.18. The number of rotatable bonds is 5. The fourth-order valence-electron chi connectivity index (χ4n) is 2.75. The third-order valence-corrected chi connectivity index (χ3v) is 3.96. The van der Waals surface area contributed by atoms with Crippen LogP contribution in [-0.2, 0) is 6.54 Å². The van der Waals surface area contributed by atoms with E-state index in [2.05, 4.69) is 10.4 Å². The molecule has 3 aromatic rings. The number of hydrogen-bond donors (Lipinski definition) is 2. The quantitative estimate of drug-likeness (QED) is 0.735. The number of anilines is 1. The number of hydrogen-bond acceptors (Lipinski definition) is 4. The number of fused-ring (bicyclic) bond motifs is 1. The first-order valence-corrected chi connectivity index (χ1v) is 8.23. The van der Waals surface area contributed by atoms with Crippen molar-refractivity contribution in [2.45, 2.75) is 19.9 Å². The molecule has 3 rings (SSSR count). The summed E-state index contributed by atoms with van der Waals surface area (Å²) in [7, 11) is 0. The monoisotopic (exact) mass is 350 g/mol. The molecule has 0 aliphatic heterocycles. The SMILES string of the molecule is CCCn1nc(C(=O)Nc2ccccc2C(N)=O)c2ccccc2c1=O. The van der Waals surface area contributed by atoms with Crippen molar-refractivity contribution < 1.29 is 9.59 Å². The standard InChI is InChI=1S/C19H18N4O3/c1-2-11-23-19(26)13-8-4-3-7-12(13)16(22-23)18(25)21-15-10-6-5-9-14(15)17(20)24/h3-10H,2,11H2,1H3,(H2,20,24)(H,21,25). The molecule has 0 aliphatic rings. The summed E-state index contributed by atoms with van der Waals surface area (Å²) in [5.74, 6) is -1.16. The van der Waals surface area contributed by atoms with Gasteiger partial charge in [0.05, 0.1) is 16.6 Å². The van der Waals surface area contributed by atoms with Gasteiger partial charge in [-0.05, 0) is 24.6 Å². The molecule has 7 heteroatoms. The first kappa shape index (κ1) is 17.3. The van der Waals surface area contributed by atoms with Crippen molar-refractivity contribution in [2.75, 3.05) is 5.32 Å². The Morgan fingerprint density at radius 3 is 2.42 bits per heavy atom. The number of nitrogens with zero attached hydrogens (tertiary/aromatic N) is 2. The van der Waals surface area contributed by atoms with Crippen molar-refractivity contribution in [1.29, 1.82) is 0 Å². The number of carbonyl (C=O) groups excluding carboxylic acids is 2. The predicted molar refractivity (Wildman–Crippen MR) is 99.2 cm³/mol. The van der Waals surface area contributed by atoms with Gasteiger partial charge >= 0.3 is 0 Å². The van der Waals surface area contributed by atoms with Crippen molar-refractivity contribution in [3.05, 3.63) is 70.1 Å². The fourth-order valence-corrected chi connectivity index (χ4v) is 2.75. The molecule has 7 nitrogen and oxygen atoms in total. The molecule has 0 spiro atoms. The van der Waals surface area contributed by atoms with Gasteiger partial charge in [0, 0.05) is 11.9 Å². The molecule has 26 heavy (non-hydrogen) atoms. The lowest BCUT2D eigenvalue weighted by molar-refractivity contribution is 0.100. The highest BCUT2D eigenvalue weighted by molar-refractivity contribution is 6.13. The first-order valence-electron chi connectivity index (χ1n) is 8.23. The molecule has 0 aliphatic carbocycles. The maximum atomic E-state index is 12.8. The van der Waals surface area contributed by atoms with E-state index in [-0.39, 0.29) is 16.8 Å². The fraction of sp³-hybridized carbons (Fsp3) is 0.158. The Bertz CT molecular complexity index is 1060. The van der Waals surface area contributed by atoms with E-state index in [0.29, 0.717) is 29.4 Å². The Kier molecular flexibility index (Phi) is 4.79. The Balaban J connectivity index is 2.10. The average molecular weight is 350 g/mol. The van der Waals surface area contributed by atoms with Crippen LogP contribution in [0.1, 0.15) is 34.2 Å². The van der Waals surface area contributed by atoms with E-state index in [9.17, 15) is 14.4 Å². The number of carbonyl (C=O) groups is 2. The molecule has 0 atom stereocenters. The van der Waals surface area contributed by atoms with Gasteiger partial charge in [-0.15, -0.1) is 0 Å². The van der Waals surface area contributed by atoms with Gasteiger partial charge in [-0.3, -0.25) is 14.4 Å². The summed E-state index contributed by atoms with van der Waals surface area (Å²) in [5.41, 5.74) is 5.73. The van der Waals surface area contributed by atoms with Crippen LogP contribution >= 0.6 is 0 Å². The van der Waals surface area contributed by atoms with E-state index >= 15 is 0 Å². The minimum atomic E-state index is -0.644. The van der Waals surface area contributed by atoms with Gasteiger partial charge in [0.25, 0.3) is 17.4 Å². The van der Waals surface area contributed by atoms with Crippen LogP contribution < -0.4 is 16.6 Å². The number of para-hydroxylation sites is 1. The molecular weight excluding hydrogens is 332 g/mol. The zero-order valence-electron chi connectivity index (χ0n) is 14.2. The summed E-state index contributed by atoms with van der Waals surface area (Å²) in [6.07, 6.45) is 0.705. The Morgan fingerprint density at radius 2 is 1.73 bits per heavy atom. The van der Waals surface area contributed by atoms with E-state index in [1.807, 2.05) is 6.92 Å². The number of nitrogens with one attached hydrogen (secondary N) is 1. The molecule has 132 valence electrons. The van der Waals surface area contributed by atoms with Gasteiger partial charge in [0.1, 0.15) is 0 Å². The summed E-state index contributed by atoms with van der Waals surface area (Å²) in [6.45, 7) is 2.33. The van der Waals surface area contributed by atoms with Crippen LogP contribution in [0, 0.1) is 0 Å². The van der Waals surface area contributed by atoms with Crippen LogP contribution in [0.5, 0.6) is 0 Å². The lowest BCUT2D eigenvalue weighted by Gasteiger charge is -2.12. The molecule has 0 unspecified atom stereocenters. The summed E-state index contributed by atoms with van der Waals surface area (Å²) < 4.78 is 1.29. The first-order chi connectivity index (χ1) is 12.5. The highest BCUT2D eigenvalue weighted by Gasteiger charge is 2.18.